The van der Waals surface area contributed by atoms with E-state index in [1.807, 2.05) is 0 Å². The number of aryl methyl sites for hydroxylation is 1. The van der Waals surface area contributed by atoms with E-state index in [4.69, 9.17) is 4.74 Å². The molecule has 0 atom stereocenters. The summed E-state index contributed by atoms with van der Waals surface area (Å²) in [5, 5.41) is 11.1. The lowest BCUT2D eigenvalue weighted by atomic mass is 10.1. The average molecular weight is 402 g/mol. The summed E-state index contributed by atoms with van der Waals surface area (Å²) in [6.45, 7) is 1.57. The molecule has 3 aromatic rings. The van der Waals surface area contributed by atoms with Crippen molar-refractivity contribution in [2.45, 2.75) is 6.92 Å². The molecule has 1 aliphatic rings. The van der Waals surface area contributed by atoms with E-state index in [1.54, 1.807) is 43.3 Å². The van der Waals surface area contributed by atoms with Gasteiger partial charge in [-0.1, -0.05) is 24.3 Å². The molecule has 0 aromatic heterocycles. The Hall–Kier alpha value is -4.33. The first kappa shape index (κ1) is 19.0. The van der Waals surface area contributed by atoms with Gasteiger partial charge < -0.3 is 4.74 Å². The van der Waals surface area contributed by atoms with Gasteiger partial charge in [0.2, 0.25) is 0 Å². The van der Waals surface area contributed by atoms with Crippen molar-refractivity contribution >= 4 is 29.2 Å². The standard InChI is InChI=1S/C22H14N2O6/c1-13-9-10-14(11-19(13)24(28)29)22(27)30-16-6-4-5-15(12-16)23-20(25)17-7-2-3-8-18(17)21(23)26/h2-12H,1H3. The van der Waals surface area contributed by atoms with Crippen LogP contribution in [-0.4, -0.2) is 22.7 Å². The fourth-order valence-electron chi connectivity index (χ4n) is 3.21. The maximum Gasteiger partial charge on any atom is 0.343 e. The fourth-order valence-corrected chi connectivity index (χ4v) is 3.21. The number of hydrogen-bond acceptors (Lipinski definition) is 6. The van der Waals surface area contributed by atoms with Gasteiger partial charge in [-0.3, -0.25) is 19.7 Å². The number of nitro groups is 1. The molecule has 0 aliphatic carbocycles. The number of nitro benzene ring substituents is 1. The molecular weight excluding hydrogens is 388 g/mol. The molecule has 30 heavy (non-hydrogen) atoms. The second-order valence-electron chi connectivity index (χ2n) is 6.64. The SMILES string of the molecule is Cc1ccc(C(=O)Oc2cccc(N3C(=O)c4ccccc4C3=O)c2)cc1[N+](=O)[O-]. The fraction of sp³-hybridized carbons (Fsp3) is 0.0455. The first-order valence-corrected chi connectivity index (χ1v) is 8.92. The number of imide groups is 1. The lowest BCUT2D eigenvalue weighted by Gasteiger charge is -2.15. The van der Waals surface area contributed by atoms with Crippen LogP contribution in [-0.2, 0) is 0 Å². The summed E-state index contributed by atoms with van der Waals surface area (Å²) >= 11 is 0. The van der Waals surface area contributed by atoms with Crippen LogP contribution in [0.25, 0.3) is 0 Å². The summed E-state index contributed by atoms with van der Waals surface area (Å²) in [7, 11) is 0. The molecule has 0 N–H and O–H groups in total. The largest absolute Gasteiger partial charge is 0.423 e. The highest BCUT2D eigenvalue weighted by Gasteiger charge is 2.36. The van der Waals surface area contributed by atoms with Crippen molar-refractivity contribution in [2.24, 2.45) is 0 Å². The number of carbonyl (C=O) groups is 3. The molecule has 0 unspecified atom stereocenters. The molecule has 4 rings (SSSR count). The summed E-state index contributed by atoms with van der Waals surface area (Å²) < 4.78 is 5.31. The lowest BCUT2D eigenvalue weighted by Crippen LogP contribution is -2.29. The zero-order valence-electron chi connectivity index (χ0n) is 15.7. The third kappa shape index (κ3) is 3.20. The Morgan fingerprint density at radius 1 is 0.933 bits per heavy atom. The summed E-state index contributed by atoms with van der Waals surface area (Å²) in [4.78, 5) is 49.2. The second kappa shape index (κ2) is 7.25. The average Bonchev–Trinajstić information content (AvgIpc) is 2.99. The molecule has 0 saturated heterocycles. The van der Waals surface area contributed by atoms with Crippen LogP contribution in [0.4, 0.5) is 11.4 Å². The number of hydrogen-bond donors (Lipinski definition) is 0. The number of benzene rings is 3. The van der Waals surface area contributed by atoms with Gasteiger partial charge in [0.25, 0.3) is 17.5 Å². The van der Waals surface area contributed by atoms with E-state index in [9.17, 15) is 24.5 Å². The van der Waals surface area contributed by atoms with Gasteiger partial charge in [0.05, 0.1) is 27.3 Å². The van der Waals surface area contributed by atoms with Gasteiger partial charge in [-0.25, -0.2) is 9.69 Å². The Morgan fingerprint density at radius 2 is 1.60 bits per heavy atom. The van der Waals surface area contributed by atoms with Crippen LogP contribution in [0, 0.1) is 17.0 Å². The Morgan fingerprint density at radius 3 is 2.23 bits per heavy atom. The monoisotopic (exact) mass is 402 g/mol. The van der Waals surface area contributed by atoms with Crippen LogP contribution < -0.4 is 9.64 Å². The molecule has 0 fully saturated rings. The van der Waals surface area contributed by atoms with Crippen LogP contribution in [0.15, 0.2) is 66.7 Å². The van der Waals surface area contributed by atoms with Gasteiger partial charge in [0, 0.05) is 17.7 Å². The molecular formula is C22H14N2O6. The Labute approximate surface area is 170 Å². The highest BCUT2D eigenvalue weighted by Crippen LogP contribution is 2.30. The van der Waals surface area contributed by atoms with Crippen molar-refractivity contribution in [3.63, 3.8) is 0 Å². The summed E-state index contributed by atoms with van der Waals surface area (Å²) in [6.07, 6.45) is 0. The van der Waals surface area contributed by atoms with Crippen molar-refractivity contribution in [2.75, 3.05) is 4.90 Å². The van der Waals surface area contributed by atoms with E-state index in [2.05, 4.69) is 0 Å². The van der Waals surface area contributed by atoms with Crippen LogP contribution in [0.1, 0.15) is 36.6 Å². The molecule has 0 bridgehead atoms. The zero-order valence-corrected chi connectivity index (χ0v) is 15.7. The first-order valence-electron chi connectivity index (χ1n) is 8.92. The van der Waals surface area contributed by atoms with E-state index < -0.39 is 22.7 Å². The van der Waals surface area contributed by atoms with Crippen LogP contribution in [0.5, 0.6) is 5.75 Å². The van der Waals surface area contributed by atoms with Gasteiger partial charge in [-0.2, -0.15) is 0 Å². The van der Waals surface area contributed by atoms with Crippen molar-refractivity contribution in [1.29, 1.82) is 0 Å². The van der Waals surface area contributed by atoms with Crippen molar-refractivity contribution < 1.29 is 24.0 Å². The number of fused-ring (bicyclic) bond motifs is 1. The molecule has 8 heteroatoms. The van der Waals surface area contributed by atoms with Crippen molar-refractivity contribution in [3.8, 4) is 5.75 Å². The molecule has 2 amide bonds. The lowest BCUT2D eigenvalue weighted by molar-refractivity contribution is -0.385. The Balaban J connectivity index is 1.60. The highest BCUT2D eigenvalue weighted by molar-refractivity contribution is 6.34. The number of esters is 1. The minimum atomic E-state index is -0.794. The topological polar surface area (TPSA) is 107 Å². The molecule has 0 radical (unpaired) electrons. The van der Waals surface area contributed by atoms with Crippen LogP contribution >= 0.6 is 0 Å². The van der Waals surface area contributed by atoms with Gasteiger partial charge >= 0.3 is 5.97 Å². The maximum atomic E-state index is 12.6. The summed E-state index contributed by atoms with van der Waals surface area (Å²) in [5.41, 5.74) is 1.10. The van der Waals surface area contributed by atoms with Gasteiger partial charge in [-0.15, -0.1) is 0 Å². The molecule has 1 aliphatic heterocycles. The molecule has 8 nitrogen and oxygen atoms in total. The number of carbonyl (C=O) groups excluding carboxylic acids is 3. The molecule has 0 saturated carbocycles. The second-order valence-corrected chi connectivity index (χ2v) is 6.64. The van der Waals surface area contributed by atoms with Gasteiger partial charge in [0.15, 0.2) is 0 Å². The number of nitrogens with zero attached hydrogens (tertiary/aromatic N) is 2. The summed E-state index contributed by atoms with van der Waals surface area (Å²) in [5.74, 6) is -1.63. The quantitative estimate of drug-likeness (QED) is 0.215. The first-order chi connectivity index (χ1) is 14.4. The predicted octanol–water partition coefficient (Wildman–Crippen LogP) is 3.92. The number of amides is 2. The highest BCUT2D eigenvalue weighted by atomic mass is 16.6. The third-order valence-electron chi connectivity index (χ3n) is 4.72. The Kier molecular flexibility index (Phi) is 4.59. The van der Waals surface area contributed by atoms with Gasteiger partial charge in [0.1, 0.15) is 5.75 Å². The van der Waals surface area contributed by atoms with E-state index in [-0.39, 0.29) is 22.7 Å². The predicted molar refractivity (Wildman–Crippen MR) is 107 cm³/mol. The van der Waals surface area contributed by atoms with Crippen molar-refractivity contribution in [1.82, 2.24) is 0 Å². The van der Waals surface area contributed by atoms with E-state index in [1.165, 1.54) is 24.3 Å². The number of ether oxygens (including phenoxy) is 1. The van der Waals surface area contributed by atoms with Crippen molar-refractivity contribution in [3.05, 3.63) is 99.1 Å². The minimum absolute atomic E-state index is 0.0124. The van der Waals surface area contributed by atoms with E-state index in [0.717, 1.165) is 11.0 Å². The molecule has 3 aromatic carbocycles. The van der Waals surface area contributed by atoms with E-state index >= 15 is 0 Å². The maximum absolute atomic E-state index is 12.6. The number of rotatable bonds is 4. The van der Waals surface area contributed by atoms with Crippen LogP contribution in [0.2, 0.25) is 0 Å². The Bertz CT molecular complexity index is 1200. The smallest absolute Gasteiger partial charge is 0.343 e. The zero-order chi connectivity index (χ0) is 21.4. The summed E-state index contributed by atoms with van der Waals surface area (Å²) in [6, 6.07) is 16.5. The van der Waals surface area contributed by atoms with Gasteiger partial charge in [-0.05, 0) is 37.3 Å². The van der Waals surface area contributed by atoms with Crippen LogP contribution in [0.3, 0.4) is 0 Å². The minimum Gasteiger partial charge on any atom is -0.423 e. The van der Waals surface area contributed by atoms with E-state index in [0.29, 0.717) is 16.7 Å². The number of anilines is 1. The molecule has 1 heterocycles. The molecule has 0 spiro atoms. The normalized spacial score (nSPS) is 12.6. The third-order valence-corrected chi connectivity index (χ3v) is 4.72. The molecule has 148 valence electrons.